The number of carboxylic acid groups (broad SMARTS) is 1. The van der Waals surface area contributed by atoms with E-state index in [2.05, 4.69) is 10.4 Å². The Labute approximate surface area is 149 Å². The van der Waals surface area contributed by atoms with Crippen molar-refractivity contribution in [3.05, 3.63) is 52.3 Å². The molecule has 9 heteroatoms. The minimum Gasteiger partial charge on any atom is -0.481 e. The average Bonchev–Trinajstić information content (AvgIpc) is 3.12. The highest BCUT2D eigenvalue weighted by Gasteiger charge is 2.35. The summed E-state index contributed by atoms with van der Waals surface area (Å²) in [5, 5.41) is 27.2. The minimum absolute atomic E-state index is 0.0213. The van der Waals surface area contributed by atoms with Gasteiger partial charge in [0.2, 0.25) is 0 Å². The van der Waals surface area contributed by atoms with Crippen LogP contribution in [0.15, 0.2) is 36.5 Å². The predicted molar refractivity (Wildman–Crippen MR) is 93.2 cm³/mol. The predicted octanol–water partition coefficient (Wildman–Crippen LogP) is 2.40. The molecular weight excluding hydrogens is 340 g/mol. The lowest BCUT2D eigenvalue weighted by atomic mass is 9.82. The molecule has 1 aromatic heterocycles. The number of aromatic nitrogens is 2. The van der Waals surface area contributed by atoms with Crippen molar-refractivity contribution >= 4 is 17.6 Å². The summed E-state index contributed by atoms with van der Waals surface area (Å²) >= 11 is 0. The van der Waals surface area contributed by atoms with Gasteiger partial charge in [0.05, 0.1) is 10.3 Å². The van der Waals surface area contributed by atoms with Crippen molar-refractivity contribution in [3.63, 3.8) is 0 Å². The number of nitro groups is 1. The highest BCUT2D eigenvalue weighted by molar-refractivity contribution is 5.92. The second-order valence-electron chi connectivity index (χ2n) is 5.87. The first-order valence-corrected chi connectivity index (χ1v) is 8.15. The van der Waals surface area contributed by atoms with Crippen LogP contribution in [-0.2, 0) is 4.79 Å². The van der Waals surface area contributed by atoms with Gasteiger partial charge in [-0.25, -0.2) is 4.68 Å². The number of hydrogen-bond acceptors (Lipinski definition) is 5. The van der Waals surface area contributed by atoms with Gasteiger partial charge in [0, 0.05) is 18.8 Å². The molecule has 0 aliphatic heterocycles. The van der Waals surface area contributed by atoms with E-state index >= 15 is 0 Å². The van der Waals surface area contributed by atoms with E-state index in [1.54, 1.807) is 26.0 Å². The molecule has 0 saturated carbocycles. The summed E-state index contributed by atoms with van der Waals surface area (Å²) in [7, 11) is 0. The molecule has 0 fully saturated rings. The van der Waals surface area contributed by atoms with Gasteiger partial charge >= 0.3 is 5.97 Å². The Morgan fingerprint density at radius 1 is 1.27 bits per heavy atom. The topological polar surface area (TPSA) is 127 Å². The molecule has 2 rings (SSSR count). The fraction of sp³-hybridized carbons (Fsp3) is 0.353. The number of carbonyl (C=O) groups excluding carboxylic acids is 1. The summed E-state index contributed by atoms with van der Waals surface area (Å²) in [5.74, 6) is -1.50. The van der Waals surface area contributed by atoms with Crippen molar-refractivity contribution in [2.45, 2.75) is 26.7 Å². The van der Waals surface area contributed by atoms with E-state index in [0.29, 0.717) is 12.8 Å². The quantitative estimate of drug-likeness (QED) is 0.549. The Balaban J connectivity index is 2.19. The van der Waals surface area contributed by atoms with Crippen LogP contribution >= 0.6 is 0 Å². The van der Waals surface area contributed by atoms with Gasteiger partial charge in [-0.1, -0.05) is 26.0 Å². The van der Waals surface area contributed by atoms with Crippen LogP contribution in [0.25, 0.3) is 5.69 Å². The van der Waals surface area contributed by atoms with Crippen LogP contribution in [0.3, 0.4) is 0 Å². The van der Waals surface area contributed by atoms with Gasteiger partial charge in [0.1, 0.15) is 5.69 Å². The molecule has 2 aromatic rings. The molecule has 0 spiro atoms. The average molecular weight is 360 g/mol. The minimum atomic E-state index is -1.03. The summed E-state index contributed by atoms with van der Waals surface area (Å²) in [4.78, 5) is 34.4. The molecule has 1 aromatic carbocycles. The molecular formula is C17H20N4O5. The number of carbonyl (C=O) groups is 2. The highest BCUT2D eigenvalue weighted by Crippen LogP contribution is 2.26. The third-order valence-electron chi connectivity index (χ3n) is 4.54. The van der Waals surface area contributed by atoms with Crippen molar-refractivity contribution in [1.29, 1.82) is 0 Å². The van der Waals surface area contributed by atoms with Crippen LogP contribution < -0.4 is 5.32 Å². The van der Waals surface area contributed by atoms with Crippen LogP contribution in [0.2, 0.25) is 0 Å². The lowest BCUT2D eigenvalue weighted by molar-refractivity contribution is -0.384. The van der Waals surface area contributed by atoms with Crippen molar-refractivity contribution < 1.29 is 19.6 Å². The standard InChI is InChI=1S/C17H20N4O5/c1-3-17(4-2,16(23)24)11-18-15(22)12-9-10-20(19-12)13-7-5-6-8-14(13)21(25)26/h5-10H,3-4,11H2,1-2H3,(H,18,22)(H,23,24). The lowest BCUT2D eigenvalue weighted by Crippen LogP contribution is -2.42. The number of nitrogens with zero attached hydrogens (tertiary/aromatic N) is 3. The zero-order chi connectivity index (χ0) is 19.3. The van der Waals surface area contributed by atoms with Crippen LogP contribution in [0.5, 0.6) is 0 Å². The molecule has 1 heterocycles. The molecule has 138 valence electrons. The summed E-state index contributed by atoms with van der Waals surface area (Å²) in [6, 6.07) is 7.47. The van der Waals surface area contributed by atoms with E-state index < -0.39 is 22.2 Å². The number of nitro benzene ring substituents is 1. The third kappa shape index (κ3) is 3.71. The zero-order valence-electron chi connectivity index (χ0n) is 14.5. The summed E-state index contributed by atoms with van der Waals surface area (Å²) < 4.78 is 1.25. The fourth-order valence-corrected chi connectivity index (χ4v) is 2.61. The smallest absolute Gasteiger partial charge is 0.311 e. The molecule has 0 bridgehead atoms. The Hall–Kier alpha value is -3.23. The van der Waals surface area contributed by atoms with Crippen LogP contribution in [0.1, 0.15) is 37.2 Å². The van der Waals surface area contributed by atoms with Gasteiger partial charge in [-0.3, -0.25) is 19.7 Å². The lowest BCUT2D eigenvalue weighted by Gasteiger charge is -2.26. The van der Waals surface area contributed by atoms with Crippen molar-refractivity contribution in [3.8, 4) is 5.69 Å². The van der Waals surface area contributed by atoms with E-state index in [4.69, 9.17) is 0 Å². The normalized spacial score (nSPS) is 11.2. The molecule has 0 unspecified atom stereocenters. The van der Waals surface area contributed by atoms with Crippen molar-refractivity contribution in [2.24, 2.45) is 5.41 Å². The molecule has 2 N–H and O–H groups in total. The van der Waals surface area contributed by atoms with Gasteiger partial charge in [-0.05, 0) is 25.0 Å². The highest BCUT2D eigenvalue weighted by atomic mass is 16.6. The molecule has 1 amide bonds. The number of carboxylic acids is 1. The van der Waals surface area contributed by atoms with Crippen molar-refractivity contribution in [1.82, 2.24) is 15.1 Å². The SMILES string of the molecule is CCC(CC)(CNC(=O)c1ccn(-c2ccccc2[N+](=O)[O-])n1)C(=O)O. The van der Waals surface area contributed by atoms with E-state index in [1.807, 2.05) is 0 Å². The number of para-hydroxylation sites is 2. The number of benzene rings is 1. The maximum Gasteiger partial charge on any atom is 0.311 e. The van der Waals surface area contributed by atoms with Crippen LogP contribution in [0.4, 0.5) is 5.69 Å². The van der Waals surface area contributed by atoms with E-state index in [1.165, 1.54) is 29.1 Å². The molecule has 9 nitrogen and oxygen atoms in total. The second kappa shape index (κ2) is 7.77. The first kappa shape index (κ1) is 19.1. The zero-order valence-corrected chi connectivity index (χ0v) is 14.5. The van der Waals surface area contributed by atoms with Gasteiger partial charge in [-0.15, -0.1) is 0 Å². The fourth-order valence-electron chi connectivity index (χ4n) is 2.61. The molecule has 26 heavy (non-hydrogen) atoms. The first-order chi connectivity index (χ1) is 12.3. The number of aliphatic carboxylic acids is 1. The monoisotopic (exact) mass is 360 g/mol. The second-order valence-corrected chi connectivity index (χ2v) is 5.87. The number of nitrogens with one attached hydrogen (secondary N) is 1. The van der Waals surface area contributed by atoms with Gasteiger partial charge in [0.15, 0.2) is 5.69 Å². The summed E-state index contributed by atoms with van der Waals surface area (Å²) in [5.41, 5.74) is -0.881. The van der Waals surface area contributed by atoms with Crippen molar-refractivity contribution in [2.75, 3.05) is 6.54 Å². The van der Waals surface area contributed by atoms with Crippen LogP contribution in [-0.4, -0.2) is 38.2 Å². The third-order valence-corrected chi connectivity index (χ3v) is 4.54. The van der Waals surface area contributed by atoms with Crippen LogP contribution in [0, 0.1) is 15.5 Å². The van der Waals surface area contributed by atoms with Gasteiger partial charge in [-0.2, -0.15) is 5.10 Å². The molecule has 0 aliphatic rings. The maximum atomic E-state index is 12.3. The van der Waals surface area contributed by atoms with E-state index in [0.717, 1.165) is 0 Å². The largest absolute Gasteiger partial charge is 0.481 e. The first-order valence-electron chi connectivity index (χ1n) is 8.15. The number of amides is 1. The molecule has 0 saturated heterocycles. The van der Waals surface area contributed by atoms with Gasteiger partial charge in [0.25, 0.3) is 11.6 Å². The maximum absolute atomic E-state index is 12.3. The number of hydrogen-bond donors (Lipinski definition) is 2. The van der Waals surface area contributed by atoms with Gasteiger partial charge < -0.3 is 10.4 Å². The number of rotatable bonds is 8. The Morgan fingerprint density at radius 2 is 1.92 bits per heavy atom. The summed E-state index contributed by atoms with van der Waals surface area (Å²) in [6.07, 6.45) is 2.20. The summed E-state index contributed by atoms with van der Waals surface area (Å²) in [6.45, 7) is 3.49. The van der Waals surface area contributed by atoms with E-state index in [-0.39, 0.29) is 23.6 Å². The molecule has 0 atom stereocenters. The Kier molecular flexibility index (Phi) is 5.71. The Morgan fingerprint density at radius 3 is 2.50 bits per heavy atom. The Bertz CT molecular complexity index is 826. The molecule has 0 radical (unpaired) electrons. The molecule has 0 aliphatic carbocycles. The van der Waals surface area contributed by atoms with E-state index in [9.17, 15) is 24.8 Å².